The lowest BCUT2D eigenvalue weighted by atomic mass is 9.91. The summed E-state index contributed by atoms with van der Waals surface area (Å²) in [5, 5.41) is 0. The molecule has 17 heavy (non-hydrogen) atoms. The second kappa shape index (κ2) is 3.64. The molecule has 0 unspecified atom stereocenters. The number of hydrogen-bond acceptors (Lipinski definition) is 3. The maximum Gasteiger partial charge on any atom is 0.161 e. The van der Waals surface area contributed by atoms with E-state index < -0.39 is 0 Å². The van der Waals surface area contributed by atoms with Crippen LogP contribution in [0.5, 0.6) is 11.5 Å². The number of ether oxygens (including phenoxy) is 2. The van der Waals surface area contributed by atoms with Crippen LogP contribution in [0, 0.1) is 0 Å². The normalized spacial score (nSPS) is 20.5. The zero-order chi connectivity index (χ0) is 12.0. The monoisotopic (exact) mass is 233 g/mol. The zero-order valence-electron chi connectivity index (χ0n) is 10.5. The van der Waals surface area contributed by atoms with Gasteiger partial charge in [0.05, 0.1) is 0 Å². The van der Waals surface area contributed by atoms with E-state index in [0.717, 1.165) is 24.3 Å². The van der Waals surface area contributed by atoms with Crippen LogP contribution in [0.2, 0.25) is 0 Å². The molecule has 3 heteroatoms. The molecule has 0 radical (unpaired) electrons. The summed E-state index contributed by atoms with van der Waals surface area (Å²) in [4.78, 5) is 0. The standard InChI is InChI=1S/C14H19NO2/c1-9(2)10-7-12-13(17-6-5-16-12)8-11(10)14(15)3-4-14/h7-9H,3-6,15H2,1-2H3. The zero-order valence-corrected chi connectivity index (χ0v) is 10.5. The van der Waals surface area contributed by atoms with Crippen molar-refractivity contribution in [2.45, 2.75) is 38.1 Å². The first-order valence-corrected chi connectivity index (χ1v) is 6.33. The molecule has 2 aliphatic rings. The maximum atomic E-state index is 6.34. The predicted octanol–water partition coefficient (Wildman–Crippen LogP) is 2.53. The van der Waals surface area contributed by atoms with Gasteiger partial charge in [0.2, 0.25) is 0 Å². The third-order valence-electron chi connectivity index (χ3n) is 3.66. The average molecular weight is 233 g/mol. The van der Waals surface area contributed by atoms with E-state index in [4.69, 9.17) is 15.2 Å². The third kappa shape index (κ3) is 1.78. The fourth-order valence-corrected chi connectivity index (χ4v) is 2.42. The second-order valence-electron chi connectivity index (χ2n) is 5.39. The van der Waals surface area contributed by atoms with Crippen LogP contribution >= 0.6 is 0 Å². The fraction of sp³-hybridized carbons (Fsp3) is 0.571. The lowest BCUT2D eigenvalue weighted by Crippen LogP contribution is -2.23. The molecule has 1 aliphatic carbocycles. The Hall–Kier alpha value is -1.22. The smallest absolute Gasteiger partial charge is 0.161 e. The second-order valence-corrected chi connectivity index (χ2v) is 5.39. The van der Waals surface area contributed by atoms with E-state index in [1.807, 2.05) is 0 Å². The minimum absolute atomic E-state index is 0.116. The van der Waals surface area contributed by atoms with Gasteiger partial charge >= 0.3 is 0 Å². The summed E-state index contributed by atoms with van der Waals surface area (Å²) < 4.78 is 11.3. The van der Waals surface area contributed by atoms with E-state index in [1.165, 1.54) is 11.1 Å². The number of benzene rings is 1. The molecule has 1 aliphatic heterocycles. The van der Waals surface area contributed by atoms with Crippen molar-refractivity contribution in [2.75, 3.05) is 13.2 Å². The molecule has 3 nitrogen and oxygen atoms in total. The quantitative estimate of drug-likeness (QED) is 0.853. The van der Waals surface area contributed by atoms with Crippen molar-refractivity contribution in [1.82, 2.24) is 0 Å². The topological polar surface area (TPSA) is 44.5 Å². The molecule has 1 aromatic carbocycles. The molecule has 1 saturated carbocycles. The minimum Gasteiger partial charge on any atom is -0.486 e. The summed E-state index contributed by atoms with van der Waals surface area (Å²) in [5.74, 6) is 2.18. The summed E-state index contributed by atoms with van der Waals surface area (Å²) >= 11 is 0. The highest BCUT2D eigenvalue weighted by molar-refractivity contribution is 5.52. The maximum absolute atomic E-state index is 6.34. The Labute approximate surface area is 102 Å². The molecule has 0 saturated heterocycles. The first kappa shape index (κ1) is 10.9. The van der Waals surface area contributed by atoms with Crippen LogP contribution in [0.25, 0.3) is 0 Å². The van der Waals surface area contributed by atoms with Crippen molar-refractivity contribution >= 4 is 0 Å². The van der Waals surface area contributed by atoms with E-state index in [1.54, 1.807) is 0 Å². The van der Waals surface area contributed by atoms with E-state index in [2.05, 4.69) is 26.0 Å². The van der Waals surface area contributed by atoms with Crippen LogP contribution < -0.4 is 15.2 Å². The summed E-state index contributed by atoms with van der Waals surface area (Å²) in [6.07, 6.45) is 2.15. The highest BCUT2D eigenvalue weighted by Gasteiger charge is 2.42. The van der Waals surface area contributed by atoms with Crippen LogP contribution in [-0.2, 0) is 5.54 Å². The van der Waals surface area contributed by atoms with E-state index in [-0.39, 0.29) is 5.54 Å². The van der Waals surface area contributed by atoms with Crippen molar-refractivity contribution in [1.29, 1.82) is 0 Å². The van der Waals surface area contributed by atoms with Crippen molar-refractivity contribution in [3.05, 3.63) is 23.3 Å². The first-order valence-electron chi connectivity index (χ1n) is 6.33. The number of nitrogens with two attached hydrogens (primary N) is 1. The molecule has 1 heterocycles. The predicted molar refractivity (Wildman–Crippen MR) is 66.6 cm³/mol. The van der Waals surface area contributed by atoms with Crippen LogP contribution in [0.4, 0.5) is 0 Å². The third-order valence-corrected chi connectivity index (χ3v) is 3.66. The van der Waals surface area contributed by atoms with Gasteiger partial charge in [-0.3, -0.25) is 0 Å². The molecular weight excluding hydrogens is 214 g/mol. The fourth-order valence-electron chi connectivity index (χ4n) is 2.42. The summed E-state index contributed by atoms with van der Waals surface area (Å²) in [6.45, 7) is 5.66. The summed E-state index contributed by atoms with van der Waals surface area (Å²) in [5.41, 5.74) is 8.77. The van der Waals surface area contributed by atoms with Gasteiger partial charge in [0.25, 0.3) is 0 Å². The van der Waals surface area contributed by atoms with Crippen LogP contribution in [0.1, 0.15) is 43.7 Å². The molecule has 2 N–H and O–H groups in total. The number of hydrogen-bond donors (Lipinski definition) is 1. The van der Waals surface area contributed by atoms with E-state index in [0.29, 0.717) is 19.1 Å². The molecule has 1 aromatic rings. The van der Waals surface area contributed by atoms with Gasteiger partial charge in [0, 0.05) is 5.54 Å². The molecule has 0 aromatic heterocycles. The van der Waals surface area contributed by atoms with Gasteiger partial charge in [-0.1, -0.05) is 13.8 Å². The Morgan fingerprint density at radius 3 is 2.24 bits per heavy atom. The van der Waals surface area contributed by atoms with E-state index in [9.17, 15) is 0 Å². The number of rotatable bonds is 2. The lowest BCUT2D eigenvalue weighted by molar-refractivity contribution is 0.171. The Balaban J connectivity index is 2.11. The van der Waals surface area contributed by atoms with Crippen molar-refractivity contribution < 1.29 is 9.47 Å². The van der Waals surface area contributed by atoms with E-state index >= 15 is 0 Å². The highest BCUT2D eigenvalue weighted by atomic mass is 16.6. The van der Waals surface area contributed by atoms with Gasteiger partial charge < -0.3 is 15.2 Å². The molecule has 3 rings (SSSR count). The SMILES string of the molecule is CC(C)c1cc2c(cc1C1(N)CC1)OCCO2. The van der Waals surface area contributed by atoms with Gasteiger partial charge in [-0.15, -0.1) is 0 Å². The van der Waals surface area contributed by atoms with Crippen LogP contribution in [0.15, 0.2) is 12.1 Å². The highest BCUT2D eigenvalue weighted by Crippen LogP contribution is 2.48. The Bertz CT molecular complexity index is 450. The Morgan fingerprint density at radius 1 is 1.12 bits per heavy atom. The van der Waals surface area contributed by atoms with Gasteiger partial charge in [-0.25, -0.2) is 0 Å². The molecule has 92 valence electrons. The van der Waals surface area contributed by atoms with Gasteiger partial charge in [-0.2, -0.15) is 0 Å². The van der Waals surface area contributed by atoms with Gasteiger partial charge in [-0.05, 0) is 42.0 Å². The molecule has 1 fully saturated rings. The van der Waals surface area contributed by atoms with Crippen LogP contribution in [-0.4, -0.2) is 13.2 Å². The molecule has 0 bridgehead atoms. The number of fused-ring (bicyclic) bond motifs is 1. The minimum atomic E-state index is -0.116. The van der Waals surface area contributed by atoms with Gasteiger partial charge in [0.15, 0.2) is 11.5 Å². The first-order chi connectivity index (χ1) is 8.10. The lowest BCUT2D eigenvalue weighted by Gasteiger charge is -2.24. The molecular formula is C14H19NO2. The largest absolute Gasteiger partial charge is 0.486 e. The molecule has 0 atom stereocenters. The van der Waals surface area contributed by atoms with Crippen molar-refractivity contribution in [3.8, 4) is 11.5 Å². The Morgan fingerprint density at radius 2 is 1.71 bits per heavy atom. The van der Waals surface area contributed by atoms with Crippen LogP contribution in [0.3, 0.4) is 0 Å². The van der Waals surface area contributed by atoms with Crippen molar-refractivity contribution in [2.24, 2.45) is 5.73 Å². The summed E-state index contributed by atoms with van der Waals surface area (Å²) in [6, 6.07) is 4.21. The van der Waals surface area contributed by atoms with Crippen molar-refractivity contribution in [3.63, 3.8) is 0 Å². The Kier molecular flexibility index (Phi) is 2.33. The molecule has 0 spiro atoms. The average Bonchev–Trinajstić information content (AvgIpc) is 3.07. The summed E-state index contributed by atoms with van der Waals surface area (Å²) in [7, 11) is 0. The molecule has 0 amide bonds. The van der Waals surface area contributed by atoms with Gasteiger partial charge in [0.1, 0.15) is 13.2 Å².